The van der Waals surface area contributed by atoms with Crippen LogP contribution in [0, 0.1) is 0 Å². The molecule has 0 heterocycles. The highest BCUT2D eigenvalue weighted by Gasteiger charge is 2.18. The number of para-hydroxylation sites is 1. The fourth-order valence-corrected chi connectivity index (χ4v) is 3.92. The van der Waals surface area contributed by atoms with Crippen LogP contribution < -0.4 is 19.1 Å². The second kappa shape index (κ2) is 11.3. The van der Waals surface area contributed by atoms with Gasteiger partial charge in [-0.15, -0.1) is 0 Å². The maximum Gasteiger partial charge on any atom is 0.339 e. The Morgan fingerprint density at radius 3 is 2.44 bits per heavy atom. The quantitative estimate of drug-likeness (QED) is 0.267. The van der Waals surface area contributed by atoms with Crippen LogP contribution in [0.15, 0.2) is 82.8 Å². The normalized spacial score (nSPS) is 11.4. The summed E-state index contributed by atoms with van der Waals surface area (Å²) in [5.41, 5.74) is 3.58. The molecule has 0 spiro atoms. The van der Waals surface area contributed by atoms with Crippen LogP contribution in [0.4, 0.5) is 0 Å². The molecule has 0 fully saturated rings. The minimum atomic E-state index is -4.09. The third-order valence-electron chi connectivity index (χ3n) is 4.49. The summed E-state index contributed by atoms with van der Waals surface area (Å²) >= 11 is 0. The zero-order chi connectivity index (χ0) is 24.6. The van der Waals surface area contributed by atoms with Crippen molar-refractivity contribution in [3.8, 4) is 17.2 Å². The summed E-state index contributed by atoms with van der Waals surface area (Å²) in [5.74, 6) is 0.962. The second-order valence-corrected chi connectivity index (χ2v) is 9.08. The monoisotopic (exact) mass is 482 g/mol. The Bertz CT molecular complexity index is 1250. The highest BCUT2D eigenvalue weighted by molar-refractivity contribution is 7.87. The number of hydrazone groups is 1. The molecule has 34 heavy (non-hydrogen) atoms. The van der Waals surface area contributed by atoms with Crippen LogP contribution in [0.5, 0.6) is 17.2 Å². The van der Waals surface area contributed by atoms with Crippen molar-refractivity contribution >= 4 is 22.2 Å². The standard InChI is InChI=1S/C25H26N2O6S/c1-18(2)32-21-11-13-23(14-12-21)34(29,30)33-24-10-5-4-8-20(24)17-26-27-25(28)16-19-7-6-9-22(15-19)31-3/h4-15,17-18H,16H2,1-3H3,(H,27,28). The van der Waals surface area contributed by atoms with Crippen molar-refractivity contribution in [2.75, 3.05) is 7.11 Å². The van der Waals surface area contributed by atoms with Gasteiger partial charge in [0, 0.05) is 5.56 Å². The lowest BCUT2D eigenvalue weighted by Gasteiger charge is -2.11. The lowest BCUT2D eigenvalue weighted by molar-refractivity contribution is -0.120. The summed E-state index contributed by atoms with van der Waals surface area (Å²) in [6, 6.07) is 19.6. The highest BCUT2D eigenvalue weighted by atomic mass is 32.2. The van der Waals surface area contributed by atoms with Crippen LogP contribution in [0.25, 0.3) is 0 Å². The largest absolute Gasteiger partial charge is 0.497 e. The van der Waals surface area contributed by atoms with Gasteiger partial charge in [0.2, 0.25) is 5.91 Å². The number of rotatable bonds is 10. The minimum absolute atomic E-state index is 0.0121. The van der Waals surface area contributed by atoms with Crippen LogP contribution in [0.2, 0.25) is 0 Å². The smallest absolute Gasteiger partial charge is 0.339 e. The molecule has 0 saturated carbocycles. The topological polar surface area (TPSA) is 103 Å². The molecule has 3 aromatic carbocycles. The van der Waals surface area contributed by atoms with E-state index in [1.807, 2.05) is 13.8 Å². The van der Waals surface area contributed by atoms with Crippen LogP contribution in [-0.2, 0) is 21.3 Å². The van der Waals surface area contributed by atoms with Gasteiger partial charge in [0.1, 0.15) is 16.4 Å². The van der Waals surface area contributed by atoms with E-state index in [4.69, 9.17) is 13.7 Å². The number of hydrogen-bond acceptors (Lipinski definition) is 7. The fraction of sp³-hybridized carbons (Fsp3) is 0.200. The van der Waals surface area contributed by atoms with Crippen molar-refractivity contribution < 1.29 is 26.9 Å². The summed E-state index contributed by atoms with van der Waals surface area (Å²) < 4.78 is 41.5. The molecular weight excluding hydrogens is 456 g/mol. The predicted octanol–water partition coefficient (Wildman–Crippen LogP) is 3.94. The van der Waals surface area contributed by atoms with E-state index in [0.717, 1.165) is 5.56 Å². The lowest BCUT2D eigenvalue weighted by Crippen LogP contribution is -2.20. The van der Waals surface area contributed by atoms with E-state index in [1.165, 1.54) is 24.4 Å². The Balaban J connectivity index is 1.66. The molecule has 1 N–H and O–H groups in total. The van der Waals surface area contributed by atoms with E-state index in [-0.39, 0.29) is 29.1 Å². The maximum absolute atomic E-state index is 12.7. The molecule has 0 saturated heterocycles. The Morgan fingerprint density at radius 1 is 1.00 bits per heavy atom. The Morgan fingerprint density at radius 2 is 1.74 bits per heavy atom. The van der Waals surface area contributed by atoms with Crippen molar-refractivity contribution in [2.24, 2.45) is 5.10 Å². The van der Waals surface area contributed by atoms with E-state index in [9.17, 15) is 13.2 Å². The first-order valence-electron chi connectivity index (χ1n) is 10.5. The van der Waals surface area contributed by atoms with Gasteiger partial charge in [-0.1, -0.05) is 24.3 Å². The average Bonchev–Trinajstić information content (AvgIpc) is 2.80. The molecule has 0 aliphatic rings. The zero-order valence-corrected chi connectivity index (χ0v) is 19.9. The molecule has 3 aromatic rings. The van der Waals surface area contributed by atoms with Gasteiger partial charge in [0.25, 0.3) is 0 Å². The van der Waals surface area contributed by atoms with E-state index in [2.05, 4.69) is 10.5 Å². The van der Waals surface area contributed by atoms with Gasteiger partial charge < -0.3 is 13.7 Å². The number of benzene rings is 3. The van der Waals surface area contributed by atoms with Gasteiger partial charge in [-0.25, -0.2) is 5.43 Å². The third-order valence-corrected chi connectivity index (χ3v) is 5.74. The predicted molar refractivity (Wildman–Crippen MR) is 129 cm³/mol. The molecule has 0 aliphatic carbocycles. The summed E-state index contributed by atoms with van der Waals surface area (Å²) in [6.45, 7) is 3.76. The average molecular weight is 483 g/mol. The van der Waals surface area contributed by atoms with Gasteiger partial charge in [0.05, 0.1) is 25.8 Å². The maximum atomic E-state index is 12.7. The highest BCUT2D eigenvalue weighted by Crippen LogP contribution is 2.23. The lowest BCUT2D eigenvalue weighted by atomic mass is 10.1. The first-order chi connectivity index (χ1) is 16.3. The number of ether oxygens (including phenoxy) is 2. The van der Waals surface area contributed by atoms with E-state index in [1.54, 1.807) is 61.7 Å². The van der Waals surface area contributed by atoms with Gasteiger partial charge in [-0.05, 0) is 67.9 Å². The molecule has 0 radical (unpaired) electrons. The van der Waals surface area contributed by atoms with Crippen LogP contribution in [-0.4, -0.2) is 33.8 Å². The van der Waals surface area contributed by atoms with Crippen molar-refractivity contribution in [2.45, 2.75) is 31.3 Å². The number of carbonyl (C=O) groups is 1. The van der Waals surface area contributed by atoms with Gasteiger partial charge in [-0.3, -0.25) is 4.79 Å². The first-order valence-corrected chi connectivity index (χ1v) is 11.9. The molecule has 178 valence electrons. The van der Waals surface area contributed by atoms with Gasteiger partial charge >= 0.3 is 10.1 Å². The summed E-state index contributed by atoms with van der Waals surface area (Å²) in [5, 5.41) is 3.94. The van der Waals surface area contributed by atoms with E-state index < -0.39 is 10.1 Å². The molecular formula is C25H26N2O6S. The van der Waals surface area contributed by atoms with E-state index in [0.29, 0.717) is 17.1 Å². The number of nitrogens with one attached hydrogen (secondary N) is 1. The summed E-state index contributed by atoms with van der Waals surface area (Å²) in [6.07, 6.45) is 1.41. The fourth-order valence-electron chi connectivity index (χ4n) is 2.97. The van der Waals surface area contributed by atoms with Crippen LogP contribution >= 0.6 is 0 Å². The molecule has 0 atom stereocenters. The Hall–Kier alpha value is -3.85. The molecule has 3 rings (SSSR count). The summed E-state index contributed by atoms with van der Waals surface area (Å²) in [4.78, 5) is 12.2. The molecule has 9 heteroatoms. The molecule has 1 amide bonds. The van der Waals surface area contributed by atoms with Crippen LogP contribution in [0.3, 0.4) is 0 Å². The Labute approximate surface area is 199 Å². The first kappa shape index (κ1) is 24.8. The van der Waals surface area contributed by atoms with Crippen LogP contribution in [0.1, 0.15) is 25.0 Å². The SMILES string of the molecule is COc1cccc(CC(=O)NN=Cc2ccccc2OS(=O)(=O)c2ccc(OC(C)C)cc2)c1. The number of methoxy groups -OCH3 is 1. The van der Waals surface area contributed by atoms with Gasteiger partial charge in [-0.2, -0.15) is 13.5 Å². The van der Waals surface area contributed by atoms with E-state index >= 15 is 0 Å². The molecule has 0 unspecified atom stereocenters. The number of carbonyl (C=O) groups excluding carboxylic acids is 1. The van der Waals surface area contributed by atoms with Crippen molar-refractivity contribution in [3.05, 3.63) is 83.9 Å². The molecule has 8 nitrogen and oxygen atoms in total. The Kier molecular flexibility index (Phi) is 8.26. The third kappa shape index (κ3) is 7.08. The molecule has 0 bridgehead atoms. The van der Waals surface area contributed by atoms with Gasteiger partial charge in [0.15, 0.2) is 5.75 Å². The molecule has 0 aliphatic heterocycles. The van der Waals surface area contributed by atoms with Crippen molar-refractivity contribution in [1.82, 2.24) is 5.43 Å². The number of nitrogens with zero attached hydrogens (tertiary/aromatic N) is 1. The minimum Gasteiger partial charge on any atom is -0.497 e. The van der Waals surface area contributed by atoms with Crippen molar-refractivity contribution in [1.29, 1.82) is 0 Å². The number of hydrogen-bond donors (Lipinski definition) is 1. The van der Waals surface area contributed by atoms with Crippen molar-refractivity contribution in [3.63, 3.8) is 0 Å². The zero-order valence-electron chi connectivity index (χ0n) is 19.1. The summed E-state index contributed by atoms with van der Waals surface area (Å²) in [7, 11) is -2.53. The number of amides is 1. The second-order valence-electron chi connectivity index (χ2n) is 7.53. The molecule has 0 aromatic heterocycles.